The SMILES string of the molecule is CC(C)OC(=O)c1ccc2c(c1)N(C)C(=O)c1ccccc1S2(=O)=O. The summed E-state index contributed by atoms with van der Waals surface area (Å²) in [7, 11) is -2.40. The van der Waals surface area contributed by atoms with Crippen molar-refractivity contribution in [2.75, 3.05) is 11.9 Å². The minimum atomic E-state index is -3.88. The first-order chi connectivity index (χ1) is 11.7. The van der Waals surface area contributed by atoms with E-state index >= 15 is 0 Å². The Balaban J connectivity index is 2.22. The highest BCUT2D eigenvalue weighted by Crippen LogP contribution is 2.36. The van der Waals surface area contributed by atoms with E-state index in [4.69, 9.17) is 4.74 Å². The van der Waals surface area contributed by atoms with Gasteiger partial charge < -0.3 is 9.64 Å². The fourth-order valence-corrected chi connectivity index (χ4v) is 4.36. The molecule has 1 aliphatic heterocycles. The van der Waals surface area contributed by atoms with Crippen LogP contribution in [0.3, 0.4) is 0 Å². The van der Waals surface area contributed by atoms with Crippen molar-refractivity contribution in [3.63, 3.8) is 0 Å². The van der Waals surface area contributed by atoms with E-state index in [1.165, 1.54) is 42.3 Å². The maximum Gasteiger partial charge on any atom is 0.338 e. The summed E-state index contributed by atoms with van der Waals surface area (Å²) in [6.07, 6.45) is -0.307. The van der Waals surface area contributed by atoms with Gasteiger partial charge in [0.15, 0.2) is 0 Å². The van der Waals surface area contributed by atoms with Gasteiger partial charge in [0, 0.05) is 7.05 Å². The van der Waals surface area contributed by atoms with E-state index < -0.39 is 21.7 Å². The largest absolute Gasteiger partial charge is 0.459 e. The number of carbonyl (C=O) groups is 2. The van der Waals surface area contributed by atoms with Gasteiger partial charge >= 0.3 is 5.97 Å². The molecule has 7 heteroatoms. The number of benzene rings is 2. The van der Waals surface area contributed by atoms with E-state index in [1.807, 2.05) is 0 Å². The quantitative estimate of drug-likeness (QED) is 0.770. The number of hydrogen-bond donors (Lipinski definition) is 0. The monoisotopic (exact) mass is 359 g/mol. The molecule has 0 aromatic heterocycles. The zero-order chi connectivity index (χ0) is 18.4. The number of anilines is 1. The lowest BCUT2D eigenvalue weighted by Crippen LogP contribution is -2.26. The highest BCUT2D eigenvalue weighted by molar-refractivity contribution is 7.91. The maximum absolute atomic E-state index is 13.0. The van der Waals surface area contributed by atoms with Crippen molar-refractivity contribution < 1.29 is 22.7 Å². The number of amides is 1. The lowest BCUT2D eigenvalue weighted by molar-refractivity contribution is 0.0377. The molecule has 0 atom stereocenters. The van der Waals surface area contributed by atoms with E-state index in [9.17, 15) is 18.0 Å². The Kier molecular flexibility index (Phi) is 4.12. The second kappa shape index (κ2) is 6.00. The van der Waals surface area contributed by atoms with E-state index in [1.54, 1.807) is 26.0 Å². The number of carbonyl (C=O) groups excluding carboxylic acids is 2. The molecule has 2 aromatic carbocycles. The molecule has 0 bridgehead atoms. The van der Waals surface area contributed by atoms with Crippen LogP contribution in [-0.4, -0.2) is 33.4 Å². The van der Waals surface area contributed by atoms with Crippen molar-refractivity contribution >= 4 is 27.4 Å². The molecule has 25 heavy (non-hydrogen) atoms. The second-order valence-corrected chi connectivity index (χ2v) is 7.89. The molecular formula is C18H17NO5S. The van der Waals surface area contributed by atoms with Gasteiger partial charge in [-0.25, -0.2) is 13.2 Å². The van der Waals surface area contributed by atoms with Crippen LogP contribution in [0.15, 0.2) is 52.3 Å². The van der Waals surface area contributed by atoms with Crippen molar-refractivity contribution in [2.24, 2.45) is 0 Å². The number of hydrogen-bond acceptors (Lipinski definition) is 5. The summed E-state index contributed by atoms with van der Waals surface area (Å²) in [4.78, 5) is 26.0. The van der Waals surface area contributed by atoms with Crippen LogP contribution in [-0.2, 0) is 14.6 Å². The lowest BCUT2D eigenvalue weighted by atomic mass is 10.1. The summed E-state index contributed by atoms with van der Waals surface area (Å²) in [5.41, 5.74) is 0.445. The third-order valence-electron chi connectivity index (χ3n) is 3.90. The van der Waals surface area contributed by atoms with Crippen LogP contribution in [0.25, 0.3) is 0 Å². The average molecular weight is 359 g/mol. The fourth-order valence-electron chi connectivity index (χ4n) is 2.70. The predicted molar refractivity (Wildman–Crippen MR) is 91.6 cm³/mol. The third-order valence-corrected chi connectivity index (χ3v) is 5.76. The third kappa shape index (κ3) is 2.80. The topological polar surface area (TPSA) is 80.8 Å². The first-order valence-corrected chi connectivity index (χ1v) is 9.19. The van der Waals surface area contributed by atoms with Crippen LogP contribution in [0.5, 0.6) is 0 Å². The maximum atomic E-state index is 13.0. The highest BCUT2D eigenvalue weighted by atomic mass is 32.2. The normalized spacial score (nSPS) is 15.4. The van der Waals surface area contributed by atoms with Crippen LogP contribution in [0.1, 0.15) is 34.6 Å². The van der Waals surface area contributed by atoms with Gasteiger partial charge in [0.25, 0.3) is 5.91 Å². The molecule has 0 fully saturated rings. The number of rotatable bonds is 2. The lowest BCUT2D eigenvalue weighted by Gasteiger charge is -2.18. The summed E-state index contributed by atoms with van der Waals surface area (Å²) in [6, 6.07) is 10.2. The first kappa shape index (κ1) is 17.2. The molecule has 0 radical (unpaired) electrons. The molecule has 1 aliphatic rings. The summed E-state index contributed by atoms with van der Waals surface area (Å²) in [5.74, 6) is -1.02. The van der Waals surface area contributed by atoms with Gasteiger partial charge in [-0.1, -0.05) is 12.1 Å². The van der Waals surface area contributed by atoms with Crippen molar-refractivity contribution in [3.05, 3.63) is 53.6 Å². The molecule has 130 valence electrons. The predicted octanol–water partition coefficient (Wildman–Crippen LogP) is 2.67. The van der Waals surface area contributed by atoms with E-state index in [2.05, 4.69) is 0 Å². The van der Waals surface area contributed by atoms with Gasteiger partial charge in [0.2, 0.25) is 9.84 Å². The minimum absolute atomic E-state index is 0.0191. The summed E-state index contributed by atoms with van der Waals surface area (Å²) in [6.45, 7) is 3.44. The Bertz CT molecular complexity index is 979. The summed E-state index contributed by atoms with van der Waals surface area (Å²) in [5, 5.41) is 0. The smallest absolute Gasteiger partial charge is 0.338 e. The van der Waals surface area contributed by atoms with Gasteiger partial charge in [0.05, 0.1) is 32.7 Å². The van der Waals surface area contributed by atoms with E-state index in [-0.39, 0.29) is 32.7 Å². The Hall–Kier alpha value is -2.67. The average Bonchev–Trinajstić information content (AvgIpc) is 2.64. The van der Waals surface area contributed by atoms with Crippen molar-refractivity contribution in [1.29, 1.82) is 0 Å². The standard InChI is InChI=1S/C18H17NO5S/c1-11(2)24-18(21)12-8-9-16-14(10-12)19(3)17(20)13-6-4-5-7-15(13)25(16,22)23/h4-11H,1-3H3. The molecule has 0 spiro atoms. The number of nitrogens with zero attached hydrogens (tertiary/aromatic N) is 1. The van der Waals surface area contributed by atoms with Crippen LogP contribution in [0.4, 0.5) is 5.69 Å². The summed E-state index contributed by atoms with van der Waals surface area (Å²) >= 11 is 0. The molecular weight excluding hydrogens is 342 g/mol. The van der Waals surface area contributed by atoms with Crippen LogP contribution < -0.4 is 4.90 Å². The first-order valence-electron chi connectivity index (χ1n) is 7.70. The van der Waals surface area contributed by atoms with Crippen LogP contribution >= 0.6 is 0 Å². The number of sulfone groups is 1. The van der Waals surface area contributed by atoms with Gasteiger partial charge in [-0.15, -0.1) is 0 Å². The summed E-state index contributed by atoms with van der Waals surface area (Å²) < 4.78 is 31.1. The van der Waals surface area contributed by atoms with E-state index in [0.717, 1.165) is 0 Å². The Morgan fingerprint density at radius 2 is 1.76 bits per heavy atom. The molecule has 3 rings (SSSR count). The molecule has 0 saturated carbocycles. The number of fused-ring (bicyclic) bond motifs is 2. The van der Waals surface area contributed by atoms with E-state index in [0.29, 0.717) is 0 Å². The van der Waals surface area contributed by atoms with Crippen molar-refractivity contribution in [2.45, 2.75) is 29.7 Å². The molecule has 1 amide bonds. The highest BCUT2D eigenvalue weighted by Gasteiger charge is 2.34. The zero-order valence-corrected chi connectivity index (χ0v) is 14.8. The van der Waals surface area contributed by atoms with Crippen LogP contribution in [0.2, 0.25) is 0 Å². The fraction of sp³-hybridized carbons (Fsp3) is 0.222. The molecule has 0 saturated heterocycles. The molecule has 0 N–H and O–H groups in total. The zero-order valence-electron chi connectivity index (χ0n) is 14.0. The minimum Gasteiger partial charge on any atom is -0.459 e. The number of esters is 1. The Labute approximate surface area is 145 Å². The number of ether oxygens (including phenoxy) is 1. The van der Waals surface area contributed by atoms with Crippen LogP contribution in [0, 0.1) is 0 Å². The molecule has 6 nitrogen and oxygen atoms in total. The van der Waals surface area contributed by atoms with Gasteiger partial charge in [-0.3, -0.25) is 4.79 Å². The second-order valence-electron chi connectivity index (χ2n) is 6.00. The van der Waals surface area contributed by atoms with Gasteiger partial charge in [0.1, 0.15) is 0 Å². The van der Waals surface area contributed by atoms with Crippen molar-refractivity contribution in [3.8, 4) is 0 Å². The Morgan fingerprint density at radius 3 is 2.44 bits per heavy atom. The molecule has 1 heterocycles. The van der Waals surface area contributed by atoms with Gasteiger partial charge in [-0.05, 0) is 44.2 Å². The van der Waals surface area contributed by atoms with Gasteiger partial charge in [-0.2, -0.15) is 0 Å². The molecule has 2 aromatic rings. The van der Waals surface area contributed by atoms with Crippen molar-refractivity contribution in [1.82, 2.24) is 0 Å². The Morgan fingerprint density at radius 1 is 1.08 bits per heavy atom. The molecule has 0 unspecified atom stereocenters. The molecule has 0 aliphatic carbocycles.